The largest absolute Gasteiger partial charge is 0.354 e. The first kappa shape index (κ1) is 14.2. The molecule has 0 spiro atoms. The van der Waals surface area contributed by atoms with E-state index in [4.69, 9.17) is 0 Å². The van der Waals surface area contributed by atoms with E-state index in [9.17, 15) is 0 Å². The third-order valence-corrected chi connectivity index (χ3v) is 5.55. The van der Waals surface area contributed by atoms with Crippen molar-refractivity contribution in [2.45, 2.75) is 59.0 Å². The normalized spacial score (nSPS) is 30.3. The Morgan fingerprint density at radius 1 is 1.30 bits per heavy atom. The monoisotopic (exact) mass is 274 g/mol. The van der Waals surface area contributed by atoms with Crippen LogP contribution in [0.3, 0.4) is 0 Å². The summed E-state index contributed by atoms with van der Waals surface area (Å²) in [6.07, 6.45) is 10.7. The minimum atomic E-state index is 0.501. The van der Waals surface area contributed by atoms with Gasteiger partial charge in [0.05, 0.1) is 0 Å². The van der Waals surface area contributed by atoms with Crippen molar-refractivity contribution < 1.29 is 0 Å². The highest BCUT2D eigenvalue weighted by Crippen LogP contribution is 2.48. The van der Waals surface area contributed by atoms with Gasteiger partial charge in [0.15, 0.2) is 0 Å². The van der Waals surface area contributed by atoms with E-state index in [-0.39, 0.29) is 0 Å². The Kier molecular flexibility index (Phi) is 4.21. The van der Waals surface area contributed by atoms with E-state index in [2.05, 4.69) is 49.1 Å². The smallest absolute Gasteiger partial charge is 0.0358 e. The van der Waals surface area contributed by atoms with E-state index in [0.717, 1.165) is 24.3 Å². The van der Waals surface area contributed by atoms with E-state index in [1.54, 1.807) is 0 Å². The standard InChI is InChI=1S/C18H30N2/c1-4-19-18(13(2)3)16-7-8-20(11-16)12-17-10-14-5-6-15(17)9-14/h7-8,11,13-15,17-19H,4-6,9-10,12H2,1-3H3. The van der Waals surface area contributed by atoms with Crippen LogP contribution in [-0.4, -0.2) is 11.1 Å². The van der Waals surface area contributed by atoms with Crippen LogP contribution in [0.5, 0.6) is 0 Å². The maximum atomic E-state index is 3.62. The molecular formula is C18H30N2. The van der Waals surface area contributed by atoms with Crippen molar-refractivity contribution >= 4 is 0 Å². The Morgan fingerprint density at radius 2 is 2.15 bits per heavy atom. The molecule has 0 aliphatic heterocycles. The SMILES string of the molecule is CCNC(c1ccn(CC2CC3CCC2C3)c1)C(C)C. The Bertz CT molecular complexity index is 434. The Balaban J connectivity index is 1.64. The molecule has 2 aliphatic rings. The van der Waals surface area contributed by atoms with Gasteiger partial charge in [0.1, 0.15) is 0 Å². The average molecular weight is 274 g/mol. The molecule has 4 atom stereocenters. The zero-order valence-electron chi connectivity index (χ0n) is 13.3. The summed E-state index contributed by atoms with van der Waals surface area (Å²) >= 11 is 0. The van der Waals surface area contributed by atoms with Crippen molar-refractivity contribution in [2.24, 2.45) is 23.7 Å². The number of hydrogen-bond donors (Lipinski definition) is 1. The molecule has 4 unspecified atom stereocenters. The number of nitrogens with zero attached hydrogens (tertiary/aromatic N) is 1. The maximum Gasteiger partial charge on any atom is 0.0358 e. The Labute approximate surface area is 123 Å². The molecule has 0 aromatic carbocycles. The van der Waals surface area contributed by atoms with Gasteiger partial charge in [-0.3, -0.25) is 0 Å². The van der Waals surface area contributed by atoms with Crippen LogP contribution in [0.4, 0.5) is 0 Å². The molecule has 20 heavy (non-hydrogen) atoms. The zero-order chi connectivity index (χ0) is 14.1. The summed E-state index contributed by atoms with van der Waals surface area (Å²) in [4.78, 5) is 0. The fraction of sp³-hybridized carbons (Fsp3) is 0.778. The number of nitrogens with one attached hydrogen (secondary N) is 1. The van der Waals surface area contributed by atoms with Crippen molar-refractivity contribution in [1.29, 1.82) is 0 Å². The number of rotatable bonds is 6. The second-order valence-corrected chi connectivity index (χ2v) is 7.36. The molecule has 0 amide bonds. The lowest BCUT2D eigenvalue weighted by Gasteiger charge is -2.23. The predicted molar refractivity (Wildman–Crippen MR) is 84.6 cm³/mol. The van der Waals surface area contributed by atoms with Gasteiger partial charge in [0.25, 0.3) is 0 Å². The summed E-state index contributed by atoms with van der Waals surface area (Å²) < 4.78 is 2.45. The molecule has 2 nitrogen and oxygen atoms in total. The second kappa shape index (κ2) is 5.93. The molecule has 2 saturated carbocycles. The Hall–Kier alpha value is -0.760. The van der Waals surface area contributed by atoms with E-state index < -0.39 is 0 Å². The van der Waals surface area contributed by atoms with Crippen molar-refractivity contribution in [3.8, 4) is 0 Å². The first-order valence-electron chi connectivity index (χ1n) is 8.56. The first-order valence-corrected chi connectivity index (χ1v) is 8.56. The Morgan fingerprint density at radius 3 is 2.75 bits per heavy atom. The topological polar surface area (TPSA) is 17.0 Å². The van der Waals surface area contributed by atoms with E-state index >= 15 is 0 Å². The molecular weight excluding hydrogens is 244 g/mol. The van der Waals surface area contributed by atoms with Gasteiger partial charge in [0, 0.05) is 25.0 Å². The third kappa shape index (κ3) is 2.81. The first-order chi connectivity index (χ1) is 9.67. The molecule has 2 fully saturated rings. The fourth-order valence-corrected chi connectivity index (χ4v) is 4.59. The van der Waals surface area contributed by atoms with Crippen molar-refractivity contribution in [3.63, 3.8) is 0 Å². The average Bonchev–Trinajstić information content (AvgIpc) is 3.12. The van der Waals surface area contributed by atoms with Crippen LogP contribution in [0.1, 0.15) is 58.1 Å². The zero-order valence-corrected chi connectivity index (χ0v) is 13.3. The van der Waals surface area contributed by atoms with Crippen LogP contribution in [0, 0.1) is 23.7 Å². The van der Waals surface area contributed by atoms with Crippen LogP contribution >= 0.6 is 0 Å². The summed E-state index contributed by atoms with van der Waals surface area (Å²) in [6, 6.07) is 2.82. The van der Waals surface area contributed by atoms with Gasteiger partial charge in [-0.05, 0) is 61.1 Å². The van der Waals surface area contributed by atoms with E-state index in [1.807, 2.05) is 0 Å². The lowest BCUT2D eigenvalue weighted by molar-refractivity contribution is 0.295. The van der Waals surface area contributed by atoms with Gasteiger partial charge in [-0.25, -0.2) is 0 Å². The summed E-state index contributed by atoms with van der Waals surface area (Å²) in [5, 5.41) is 3.62. The van der Waals surface area contributed by atoms with Crippen LogP contribution < -0.4 is 5.32 Å². The quantitative estimate of drug-likeness (QED) is 0.821. The summed E-state index contributed by atoms with van der Waals surface area (Å²) in [7, 11) is 0. The minimum absolute atomic E-state index is 0.501. The van der Waals surface area contributed by atoms with Gasteiger partial charge in [-0.15, -0.1) is 0 Å². The molecule has 112 valence electrons. The second-order valence-electron chi connectivity index (χ2n) is 7.36. The van der Waals surface area contributed by atoms with Gasteiger partial charge in [-0.2, -0.15) is 0 Å². The van der Waals surface area contributed by atoms with Gasteiger partial charge >= 0.3 is 0 Å². The molecule has 2 aliphatic carbocycles. The van der Waals surface area contributed by atoms with Crippen LogP contribution in [-0.2, 0) is 6.54 Å². The number of aromatic nitrogens is 1. The molecule has 1 aromatic rings. The lowest BCUT2D eigenvalue weighted by atomic mass is 9.89. The predicted octanol–water partition coefficient (Wildman–Crippen LogP) is 4.23. The van der Waals surface area contributed by atoms with Gasteiger partial charge in [0.2, 0.25) is 0 Å². The molecule has 2 heteroatoms. The van der Waals surface area contributed by atoms with Crippen molar-refractivity contribution in [3.05, 3.63) is 24.0 Å². The number of fused-ring (bicyclic) bond motifs is 2. The van der Waals surface area contributed by atoms with Crippen LogP contribution in [0.15, 0.2) is 18.5 Å². The van der Waals surface area contributed by atoms with E-state index in [0.29, 0.717) is 12.0 Å². The summed E-state index contributed by atoms with van der Waals surface area (Å²) in [5.41, 5.74) is 1.46. The fourth-order valence-electron chi connectivity index (χ4n) is 4.59. The summed E-state index contributed by atoms with van der Waals surface area (Å²) in [5.74, 6) is 3.68. The van der Waals surface area contributed by atoms with Crippen molar-refractivity contribution in [1.82, 2.24) is 9.88 Å². The highest BCUT2D eigenvalue weighted by Gasteiger charge is 2.39. The van der Waals surface area contributed by atoms with Gasteiger partial charge in [-0.1, -0.05) is 27.2 Å². The van der Waals surface area contributed by atoms with E-state index in [1.165, 1.54) is 37.8 Å². The van der Waals surface area contributed by atoms with Crippen molar-refractivity contribution in [2.75, 3.05) is 6.54 Å². The molecule has 1 heterocycles. The molecule has 1 aromatic heterocycles. The molecule has 3 rings (SSSR count). The maximum absolute atomic E-state index is 3.62. The molecule has 0 saturated heterocycles. The van der Waals surface area contributed by atoms with Crippen LogP contribution in [0.25, 0.3) is 0 Å². The number of hydrogen-bond acceptors (Lipinski definition) is 1. The summed E-state index contributed by atoms with van der Waals surface area (Å²) in [6.45, 7) is 9.10. The molecule has 2 bridgehead atoms. The molecule has 1 N–H and O–H groups in total. The third-order valence-electron chi connectivity index (χ3n) is 5.55. The van der Waals surface area contributed by atoms with Gasteiger partial charge < -0.3 is 9.88 Å². The molecule has 0 radical (unpaired) electrons. The van der Waals surface area contributed by atoms with Crippen LogP contribution in [0.2, 0.25) is 0 Å². The highest BCUT2D eigenvalue weighted by atomic mass is 15.0. The highest BCUT2D eigenvalue weighted by molar-refractivity contribution is 5.16. The lowest BCUT2D eigenvalue weighted by Crippen LogP contribution is -2.25. The minimum Gasteiger partial charge on any atom is -0.354 e.